The summed E-state index contributed by atoms with van der Waals surface area (Å²) in [6, 6.07) is 6.26. The highest BCUT2D eigenvalue weighted by Gasteiger charge is 2.17. The Morgan fingerprint density at radius 2 is 2.04 bits per heavy atom. The predicted molar refractivity (Wildman–Crippen MR) is 99.7 cm³/mol. The Hall–Kier alpha value is -2.07. The highest BCUT2D eigenvalue weighted by Crippen LogP contribution is 2.20. The van der Waals surface area contributed by atoms with Crippen molar-refractivity contribution in [3.63, 3.8) is 0 Å². The molecule has 4 N–H and O–H groups in total. The number of nitrogens with two attached hydrogens (primary N) is 1. The molecule has 138 valence electrons. The summed E-state index contributed by atoms with van der Waals surface area (Å²) >= 11 is 7.12. The molecule has 26 heavy (non-hydrogen) atoms. The number of hydrogen-bond donors (Lipinski definition) is 3. The zero-order chi connectivity index (χ0) is 18.5. The third kappa shape index (κ3) is 4.76. The molecule has 0 saturated carbocycles. The number of nitrogens with zero attached hydrogens (tertiary/aromatic N) is 1. The van der Waals surface area contributed by atoms with E-state index < -0.39 is 11.5 Å². The Labute approximate surface area is 158 Å². The fourth-order valence-corrected chi connectivity index (χ4v) is 3.23. The van der Waals surface area contributed by atoms with Crippen LogP contribution in [0.4, 0.5) is 11.5 Å². The number of aromatic nitrogens is 2. The summed E-state index contributed by atoms with van der Waals surface area (Å²) in [5.41, 5.74) is 5.58. The number of H-pyrrole nitrogens is 1. The van der Waals surface area contributed by atoms with Gasteiger partial charge < -0.3 is 20.5 Å². The van der Waals surface area contributed by atoms with Crippen molar-refractivity contribution >= 4 is 40.8 Å². The molecule has 1 fully saturated rings. The molecule has 0 atom stereocenters. The van der Waals surface area contributed by atoms with Crippen LogP contribution in [-0.4, -0.2) is 41.1 Å². The molecular formula is C16H17ClN4O4S. The fraction of sp³-hybridized carbons (Fsp3) is 0.312. The molecule has 8 nitrogen and oxygen atoms in total. The van der Waals surface area contributed by atoms with E-state index in [0.717, 1.165) is 0 Å². The van der Waals surface area contributed by atoms with Crippen LogP contribution < -0.4 is 16.6 Å². The van der Waals surface area contributed by atoms with Gasteiger partial charge in [0, 0.05) is 22.8 Å². The topological polar surface area (TPSA) is 119 Å². The molecular weight excluding hydrogens is 380 g/mol. The molecule has 2 aromatic rings. The molecule has 3 rings (SSSR count). The van der Waals surface area contributed by atoms with Crippen molar-refractivity contribution in [2.24, 2.45) is 0 Å². The number of carbonyl (C=O) groups is 1. The van der Waals surface area contributed by atoms with Crippen LogP contribution in [0.25, 0.3) is 0 Å². The molecule has 10 heteroatoms. The lowest BCUT2D eigenvalue weighted by molar-refractivity contribution is -0.0421. The number of nitrogens with one attached hydrogen (secondary N) is 2. The molecule has 0 unspecified atom stereocenters. The van der Waals surface area contributed by atoms with E-state index in [1.807, 2.05) is 0 Å². The lowest BCUT2D eigenvalue weighted by atomic mass is 10.2. The number of halogens is 1. The summed E-state index contributed by atoms with van der Waals surface area (Å²) in [4.78, 5) is 31.2. The van der Waals surface area contributed by atoms with Crippen molar-refractivity contribution in [1.29, 1.82) is 0 Å². The van der Waals surface area contributed by atoms with Crippen molar-refractivity contribution in [2.45, 2.75) is 17.9 Å². The van der Waals surface area contributed by atoms with Crippen molar-refractivity contribution in [3.8, 4) is 0 Å². The Kier molecular flexibility index (Phi) is 6.15. The average Bonchev–Trinajstić information content (AvgIpc) is 3.12. The summed E-state index contributed by atoms with van der Waals surface area (Å²) in [5.74, 6) is 0.118. The average molecular weight is 397 g/mol. The van der Waals surface area contributed by atoms with Crippen molar-refractivity contribution in [1.82, 2.24) is 9.97 Å². The smallest absolute Gasteiger partial charge is 0.277 e. The Morgan fingerprint density at radius 3 is 2.69 bits per heavy atom. The Bertz CT molecular complexity index is 837. The van der Waals surface area contributed by atoms with E-state index >= 15 is 0 Å². The van der Waals surface area contributed by atoms with Crippen LogP contribution in [0.15, 0.2) is 34.2 Å². The molecule has 0 bridgehead atoms. The largest absolute Gasteiger partial charge is 0.382 e. The summed E-state index contributed by atoms with van der Waals surface area (Å²) in [5, 5.41) is 3.36. The second kappa shape index (κ2) is 8.54. The quantitative estimate of drug-likeness (QED) is 0.505. The van der Waals surface area contributed by atoms with Crippen LogP contribution in [0, 0.1) is 0 Å². The van der Waals surface area contributed by atoms with Gasteiger partial charge in [-0.1, -0.05) is 23.4 Å². The molecule has 1 saturated heterocycles. The fourth-order valence-electron chi connectivity index (χ4n) is 2.27. The van der Waals surface area contributed by atoms with Gasteiger partial charge >= 0.3 is 0 Å². The van der Waals surface area contributed by atoms with Gasteiger partial charge in [-0.2, -0.15) is 0 Å². The summed E-state index contributed by atoms with van der Waals surface area (Å²) < 4.78 is 10.7. The van der Waals surface area contributed by atoms with Gasteiger partial charge in [-0.15, -0.1) is 0 Å². The maximum atomic E-state index is 12.2. The van der Waals surface area contributed by atoms with Crippen LogP contribution in [-0.2, 0) is 9.47 Å². The first-order valence-electron chi connectivity index (χ1n) is 7.85. The molecule has 1 aromatic heterocycles. The van der Waals surface area contributed by atoms with Crippen LogP contribution in [0.5, 0.6) is 0 Å². The number of thioether (sulfide) groups is 1. The zero-order valence-corrected chi connectivity index (χ0v) is 15.2. The number of rotatable bonds is 6. The molecule has 1 aromatic carbocycles. The number of amides is 1. The molecule has 2 heterocycles. The van der Waals surface area contributed by atoms with E-state index in [2.05, 4.69) is 15.3 Å². The minimum atomic E-state index is -0.518. The van der Waals surface area contributed by atoms with Gasteiger partial charge in [0.1, 0.15) is 5.69 Å². The van der Waals surface area contributed by atoms with Crippen LogP contribution in [0.1, 0.15) is 16.8 Å². The third-order valence-corrected chi connectivity index (χ3v) is 4.71. The minimum absolute atomic E-state index is 0.0491. The van der Waals surface area contributed by atoms with E-state index in [1.54, 1.807) is 24.3 Å². The van der Waals surface area contributed by atoms with Gasteiger partial charge in [-0.25, -0.2) is 4.98 Å². The van der Waals surface area contributed by atoms with Crippen molar-refractivity contribution in [3.05, 3.63) is 45.2 Å². The molecule has 1 amide bonds. The van der Waals surface area contributed by atoms with Gasteiger partial charge in [0.2, 0.25) is 0 Å². The van der Waals surface area contributed by atoms with Crippen LogP contribution in [0.3, 0.4) is 0 Å². The first-order chi connectivity index (χ1) is 12.5. The van der Waals surface area contributed by atoms with Gasteiger partial charge in [0.25, 0.3) is 11.5 Å². The Balaban J connectivity index is 1.63. The van der Waals surface area contributed by atoms with E-state index in [-0.39, 0.29) is 17.8 Å². The highest BCUT2D eigenvalue weighted by atomic mass is 35.5. The number of anilines is 2. The second-order valence-corrected chi connectivity index (χ2v) is 6.92. The molecule has 1 aliphatic heterocycles. The molecule has 1 aliphatic rings. The number of aromatic amines is 1. The third-order valence-electron chi connectivity index (χ3n) is 3.55. The summed E-state index contributed by atoms with van der Waals surface area (Å²) in [6.07, 6.45) is 0.452. The molecule has 0 aliphatic carbocycles. The molecule has 0 radical (unpaired) electrons. The van der Waals surface area contributed by atoms with Crippen molar-refractivity contribution < 1.29 is 14.3 Å². The first-order valence-corrected chi connectivity index (χ1v) is 9.22. The van der Waals surface area contributed by atoms with E-state index in [4.69, 9.17) is 26.8 Å². The van der Waals surface area contributed by atoms with Gasteiger partial charge in [-0.3, -0.25) is 14.6 Å². The second-order valence-electron chi connectivity index (χ2n) is 5.40. The lowest BCUT2D eigenvalue weighted by Gasteiger charge is -2.10. The monoisotopic (exact) mass is 396 g/mol. The summed E-state index contributed by atoms with van der Waals surface area (Å²) in [6.45, 7) is 1.19. The first kappa shape index (κ1) is 18.7. The summed E-state index contributed by atoms with van der Waals surface area (Å²) in [7, 11) is 0. The van der Waals surface area contributed by atoms with Gasteiger partial charge in [0.05, 0.1) is 13.2 Å². The maximum absolute atomic E-state index is 12.2. The van der Waals surface area contributed by atoms with Crippen LogP contribution in [0.2, 0.25) is 5.02 Å². The van der Waals surface area contributed by atoms with Crippen LogP contribution >= 0.6 is 23.4 Å². The van der Waals surface area contributed by atoms with E-state index in [9.17, 15) is 9.59 Å². The van der Waals surface area contributed by atoms with Gasteiger partial charge in [-0.05, 0) is 24.3 Å². The number of benzene rings is 1. The van der Waals surface area contributed by atoms with Crippen molar-refractivity contribution in [2.75, 3.05) is 30.0 Å². The van der Waals surface area contributed by atoms with Gasteiger partial charge in [0.15, 0.2) is 17.3 Å². The maximum Gasteiger partial charge on any atom is 0.277 e. The van der Waals surface area contributed by atoms with E-state index in [0.29, 0.717) is 41.1 Å². The number of carbonyl (C=O) groups excluding carboxylic acids is 1. The number of ether oxygens (including phenoxy) is 2. The highest BCUT2D eigenvalue weighted by molar-refractivity contribution is 7.99. The number of nitrogen functional groups attached to an aromatic ring is 1. The number of hydrogen-bond acceptors (Lipinski definition) is 7. The normalized spacial score (nSPS) is 14.5. The Morgan fingerprint density at radius 1 is 1.35 bits per heavy atom. The van der Waals surface area contributed by atoms with E-state index in [1.165, 1.54) is 11.8 Å². The standard InChI is InChI=1S/C16H17ClN4O4S/c17-10-3-1-9(2-4-10)14(22)19-12-13(18)20-16(21-15(12)23)26-8-5-11-24-6-7-25-11/h1-4,11H,5-8H2,(H,19,22)(H3,18,20,21,23). The SMILES string of the molecule is Nc1nc(SCCC2OCCO2)[nH]c(=O)c1NC(=O)c1ccc(Cl)cc1. The molecule has 0 spiro atoms. The predicted octanol–water partition coefficient (Wildman–Crippen LogP) is 2.11. The lowest BCUT2D eigenvalue weighted by Crippen LogP contribution is -2.23. The zero-order valence-electron chi connectivity index (χ0n) is 13.7. The minimum Gasteiger partial charge on any atom is -0.382 e.